The fraction of sp³-hybridized carbons (Fsp3) is 0.545. The van der Waals surface area contributed by atoms with E-state index in [0.717, 1.165) is 24.2 Å². The zero-order valence-corrected chi connectivity index (χ0v) is 9.76. The molecule has 4 heterocycles. The molecular formula is C11H14N6O. The normalized spacial score (nSPS) is 30.1. The number of imidazole rings is 1. The summed E-state index contributed by atoms with van der Waals surface area (Å²) in [5.41, 5.74) is 7.08. The molecular weight excluding hydrogens is 232 g/mol. The van der Waals surface area contributed by atoms with Gasteiger partial charge in [-0.1, -0.05) is 0 Å². The minimum Gasteiger partial charge on any atom is -0.373 e. The highest BCUT2D eigenvalue weighted by Gasteiger charge is 2.41. The van der Waals surface area contributed by atoms with E-state index in [1.165, 1.54) is 6.42 Å². The summed E-state index contributed by atoms with van der Waals surface area (Å²) in [5.74, 6) is 0.956. The summed E-state index contributed by atoms with van der Waals surface area (Å²) in [6.07, 6.45) is 5.63. The van der Waals surface area contributed by atoms with Gasteiger partial charge in [0.2, 0.25) is 5.95 Å². The molecule has 0 saturated carbocycles. The lowest BCUT2D eigenvalue weighted by molar-refractivity contribution is 0.102. The number of ether oxygens (including phenoxy) is 1. The topological polar surface area (TPSA) is 102 Å². The van der Waals surface area contributed by atoms with Crippen LogP contribution in [0.2, 0.25) is 0 Å². The molecule has 3 atom stereocenters. The minimum absolute atomic E-state index is 0.237. The second-order valence-corrected chi connectivity index (χ2v) is 4.89. The third kappa shape index (κ3) is 1.43. The van der Waals surface area contributed by atoms with Crippen molar-refractivity contribution in [1.29, 1.82) is 0 Å². The Morgan fingerprint density at radius 1 is 1.39 bits per heavy atom. The molecule has 0 spiro atoms. The van der Waals surface area contributed by atoms with Crippen LogP contribution in [0.5, 0.6) is 0 Å². The number of anilines is 2. The average Bonchev–Trinajstić information content (AvgIpc) is 3.02. The van der Waals surface area contributed by atoms with Gasteiger partial charge in [0.1, 0.15) is 5.52 Å². The fourth-order valence-electron chi connectivity index (χ4n) is 2.92. The second kappa shape index (κ2) is 3.55. The van der Waals surface area contributed by atoms with E-state index in [0.29, 0.717) is 23.9 Å². The maximum absolute atomic E-state index is 5.82. The molecule has 0 amide bonds. The molecule has 2 aromatic rings. The van der Waals surface area contributed by atoms with E-state index in [4.69, 9.17) is 10.5 Å². The number of nitrogen functional groups attached to an aromatic ring is 1. The van der Waals surface area contributed by atoms with E-state index in [-0.39, 0.29) is 5.95 Å². The van der Waals surface area contributed by atoms with Crippen molar-refractivity contribution in [3.05, 3.63) is 6.33 Å². The van der Waals surface area contributed by atoms with Gasteiger partial charge in [0, 0.05) is 0 Å². The Morgan fingerprint density at radius 3 is 3.11 bits per heavy atom. The molecule has 2 aliphatic rings. The molecule has 3 unspecified atom stereocenters. The Labute approximate surface area is 103 Å². The van der Waals surface area contributed by atoms with Gasteiger partial charge < -0.3 is 20.8 Å². The van der Waals surface area contributed by atoms with Crippen LogP contribution in [0.4, 0.5) is 11.8 Å². The van der Waals surface area contributed by atoms with Crippen LogP contribution in [0.1, 0.15) is 19.3 Å². The number of rotatable bonds is 2. The Balaban J connectivity index is 1.68. The minimum atomic E-state index is 0.237. The Bertz CT molecular complexity index is 596. The van der Waals surface area contributed by atoms with Crippen LogP contribution >= 0.6 is 0 Å². The van der Waals surface area contributed by atoms with Crippen LogP contribution in [-0.4, -0.2) is 38.2 Å². The SMILES string of the molecule is Nc1nc(NC2CC3CCC2O3)c2[nH]cnc2n1. The molecule has 2 bridgehead atoms. The standard InChI is InChI=1S/C11H14N6O/c12-11-16-9-8(13-4-14-9)10(17-11)15-6-3-5-1-2-7(6)18-5/h4-7H,1-3H2,(H4,12,13,14,15,16,17). The van der Waals surface area contributed by atoms with E-state index in [1.54, 1.807) is 6.33 Å². The van der Waals surface area contributed by atoms with Gasteiger partial charge in [-0.05, 0) is 19.3 Å². The Kier molecular flexibility index (Phi) is 1.99. The predicted octanol–water partition coefficient (Wildman–Crippen LogP) is 0.667. The molecule has 0 aromatic carbocycles. The van der Waals surface area contributed by atoms with Crippen molar-refractivity contribution in [2.45, 2.75) is 37.5 Å². The molecule has 7 heteroatoms. The number of fused-ring (bicyclic) bond motifs is 3. The smallest absolute Gasteiger partial charge is 0.224 e. The first-order valence-corrected chi connectivity index (χ1v) is 6.18. The first kappa shape index (κ1) is 10.1. The molecule has 0 aliphatic carbocycles. The van der Waals surface area contributed by atoms with Gasteiger partial charge in [0.15, 0.2) is 11.5 Å². The van der Waals surface area contributed by atoms with Crippen molar-refractivity contribution >= 4 is 22.9 Å². The van der Waals surface area contributed by atoms with Gasteiger partial charge in [0.05, 0.1) is 24.6 Å². The quantitative estimate of drug-likeness (QED) is 0.719. The number of nitrogens with zero attached hydrogens (tertiary/aromatic N) is 3. The zero-order chi connectivity index (χ0) is 12.1. The monoisotopic (exact) mass is 246 g/mol. The lowest BCUT2D eigenvalue weighted by Crippen LogP contribution is -2.31. The van der Waals surface area contributed by atoms with Gasteiger partial charge in [-0.25, -0.2) is 4.98 Å². The van der Waals surface area contributed by atoms with E-state index >= 15 is 0 Å². The molecule has 2 saturated heterocycles. The van der Waals surface area contributed by atoms with Crippen LogP contribution in [-0.2, 0) is 4.74 Å². The van der Waals surface area contributed by atoms with Crippen LogP contribution in [0.3, 0.4) is 0 Å². The number of hydrogen-bond acceptors (Lipinski definition) is 6. The van der Waals surface area contributed by atoms with E-state index in [2.05, 4.69) is 25.3 Å². The van der Waals surface area contributed by atoms with Crippen LogP contribution in [0.15, 0.2) is 6.33 Å². The molecule has 2 fully saturated rings. The largest absolute Gasteiger partial charge is 0.373 e. The van der Waals surface area contributed by atoms with Crippen molar-refractivity contribution in [1.82, 2.24) is 19.9 Å². The summed E-state index contributed by atoms with van der Waals surface area (Å²) in [6, 6.07) is 0.310. The molecule has 7 nitrogen and oxygen atoms in total. The Morgan fingerprint density at radius 2 is 2.33 bits per heavy atom. The van der Waals surface area contributed by atoms with Gasteiger partial charge in [-0.3, -0.25) is 0 Å². The molecule has 4 rings (SSSR count). The summed E-state index contributed by atoms with van der Waals surface area (Å²) < 4.78 is 5.82. The maximum atomic E-state index is 5.82. The van der Waals surface area contributed by atoms with Crippen LogP contribution in [0, 0.1) is 0 Å². The average molecular weight is 246 g/mol. The maximum Gasteiger partial charge on any atom is 0.224 e. The summed E-state index contributed by atoms with van der Waals surface area (Å²) in [7, 11) is 0. The van der Waals surface area contributed by atoms with Crippen molar-refractivity contribution in [3.63, 3.8) is 0 Å². The summed E-state index contributed by atoms with van der Waals surface area (Å²) in [5, 5.41) is 3.41. The summed E-state index contributed by atoms with van der Waals surface area (Å²) >= 11 is 0. The van der Waals surface area contributed by atoms with Crippen molar-refractivity contribution in [3.8, 4) is 0 Å². The van der Waals surface area contributed by atoms with Crippen LogP contribution < -0.4 is 11.1 Å². The van der Waals surface area contributed by atoms with Crippen LogP contribution in [0.25, 0.3) is 11.2 Å². The lowest BCUT2D eigenvalue weighted by Gasteiger charge is -2.20. The van der Waals surface area contributed by atoms with Crippen molar-refractivity contribution in [2.24, 2.45) is 0 Å². The zero-order valence-electron chi connectivity index (χ0n) is 9.76. The third-order valence-electron chi connectivity index (χ3n) is 3.73. The summed E-state index contributed by atoms with van der Waals surface area (Å²) in [6.45, 7) is 0. The fourth-order valence-corrected chi connectivity index (χ4v) is 2.92. The number of hydrogen-bond donors (Lipinski definition) is 3. The highest BCUT2D eigenvalue weighted by molar-refractivity contribution is 5.83. The van der Waals surface area contributed by atoms with Gasteiger partial charge in [0.25, 0.3) is 0 Å². The first-order valence-electron chi connectivity index (χ1n) is 6.18. The molecule has 2 aromatic heterocycles. The van der Waals surface area contributed by atoms with E-state index < -0.39 is 0 Å². The Hall–Kier alpha value is -1.89. The van der Waals surface area contributed by atoms with E-state index in [1.807, 2.05) is 0 Å². The second-order valence-electron chi connectivity index (χ2n) is 4.89. The van der Waals surface area contributed by atoms with Crippen molar-refractivity contribution < 1.29 is 4.74 Å². The molecule has 4 N–H and O–H groups in total. The first-order chi connectivity index (χ1) is 8.79. The third-order valence-corrected chi connectivity index (χ3v) is 3.73. The number of nitrogens with two attached hydrogens (primary N) is 1. The number of nitrogens with one attached hydrogen (secondary N) is 2. The van der Waals surface area contributed by atoms with Crippen molar-refractivity contribution in [2.75, 3.05) is 11.1 Å². The highest BCUT2D eigenvalue weighted by Crippen LogP contribution is 2.36. The molecule has 94 valence electrons. The van der Waals surface area contributed by atoms with Gasteiger partial charge >= 0.3 is 0 Å². The molecule has 0 radical (unpaired) electrons. The van der Waals surface area contributed by atoms with E-state index in [9.17, 15) is 0 Å². The molecule has 18 heavy (non-hydrogen) atoms. The van der Waals surface area contributed by atoms with Gasteiger partial charge in [-0.2, -0.15) is 9.97 Å². The van der Waals surface area contributed by atoms with Gasteiger partial charge in [-0.15, -0.1) is 0 Å². The lowest BCUT2D eigenvalue weighted by atomic mass is 9.95. The number of H-pyrrole nitrogens is 1. The molecule has 2 aliphatic heterocycles. The number of aromatic nitrogens is 4. The number of aromatic amines is 1. The highest BCUT2D eigenvalue weighted by atomic mass is 16.5. The predicted molar refractivity (Wildman–Crippen MR) is 66.0 cm³/mol. The summed E-state index contributed by atoms with van der Waals surface area (Å²) in [4.78, 5) is 15.5.